The van der Waals surface area contributed by atoms with Crippen LogP contribution in [-0.4, -0.2) is 117 Å². The van der Waals surface area contributed by atoms with Crippen LogP contribution in [-0.2, 0) is 9.53 Å². The molecule has 0 radical (unpaired) electrons. The molecular formula is C28H58O11. The summed E-state index contributed by atoms with van der Waals surface area (Å²) >= 11 is 0. The monoisotopic (exact) mass is 570 g/mol. The summed E-state index contributed by atoms with van der Waals surface area (Å²) in [5, 5.41) is 80.3. The van der Waals surface area contributed by atoms with Crippen LogP contribution < -0.4 is 0 Å². The fraction of sp³-hybridized carbons (Fsp3) is 0.964. The molecule has 11 heteroatoms. The Morgan fingerprint density at radius 2 is 0.897 bits per heavy atom. The Bertz CT molecular complexity index is 500. The molecule has 1 unspecified atom stereocenters. The fourth-order valence-electron chi connectivity index (χ4n) is 3.67. The summed E-state index contributed by atoms with van der Waals surface area (Å²) < 4.78 is 5.47. The summed E-state index contributed by atoms with van der Waals surface area (Å²) in [4.78, 5) is 10.4. The lowest BCUT2D eigenvalue weighted by Gasteiger charge is -2.26. The van der Waals surface area contributed by atoms with Crippen molar-refractivity contribution in [2.24, 2.45) is 10.8 Å². The van der Waals surface area contributed by atoms with E-state index in [1.54, 1.807) is 0 Å². The number of carboxylic acids is 1. The van der Waals surface area contributed by atoms with Gasteiger partial charge in [0.2, 0.25) is 0 Å². The zero-order chi connectivity index (χ0) is 29.8. The molecule has 0 rings (SSSR count). The van der Waals surface area contributed by atoms with Crippen molar-refractivity contribution in [3.8, 4) is 0 Å². The predicted octanol–water partition coefficient (Wildman–Crippen LogP) is 1.21. The van der Waals surface area contributed by atoms with Crippen molar-refractivity contribution in [1.29, 1.82) is 0 Å². The Morgan fingerprint density at radius 3 is 1.26 bits per heavy atom. The SMILES string of the molecule is O=C(O)CCCCCCCCCCC(O)CCCCCCOCC(CO)(CO)CO.OCC(CO)(CO)CO. The Kier molecular flexibility index (Phi) is 28.2. The van der Waals surface area contributed by atoms with E-state index in [9.17, 15) is 25.2 Å². The third-order valence-corrected chi connectivity index (χ3v) is 7.01. The van der Waals surface area contributed by atoms with E-state index in [-0.39, 0.29) is 39.0 Å². The first-order chi connectivity index (χ1) is 18.7. The third kappa shape index (κ3) is 22.5. The molecular weight excluding hydrogens is 512 g/mol. The summed E-state index contributed by atoms with van der Waals surface area (Å²) in [6, 6.07) is 0. The predicted molar refractivity (Wildman–Crippen MR) is 148 cm³/mol. The van der Waals surface area contributed by atoms with E-state index in [1.165, 1.54) is 19.3 Å². The van der Waals surface area contributed by atoms with Crippen molar-refractivity contribution in [1.82, 2.24) is 0 Å². The second-order valence-electron chi connectivity index (χ2n) is 10.8. The minimum absolute atomic E-state index is 0.153. The molecule has 0 aliphatic carbocycles. The van der Waals surface area contributed by atoms with Crippen LogP contribution in [0.15, 0.2) is 0 Å². The average molecular weight is 571 g/mol. The minimum Gasteiger partial charge on any atom is -0.481 e. The topological polar surface area (TPSA) is 208 Å². The van der Waals surface area contributed by atoms with Crippen LogP contribution in [0.2, 0.25) is 0 Å². The van der Waals surface area contributed by atoms with E-state index >= 15 is 0 Å². The Hall–Kier alpha value is -0.890. The lowest BCUT2D eigenvalue weighted by Crippen LogP contribution is -2.38. The maximum Gasteiger partial charge on any atom is 0.303 e. The van der Waals surface area contributed by atoms with Gasteiger partial charge in [-0.25, -0.2) is 0 Å². The number of carbonyl (C=O) groups is 1. The molecule has 11 nitrogen and oxygen atoms in total. The molecule has 0 saturated heterocycles. The number of hydrogen-bond acceptors (Lipinski definition) is 10. The van der Waals surface area contributed by atoms with Crippen LogP contribution in [0.25, 0.3) is 0 Å². The molecule has 0 aromatic heterocycles. The molecule has 0 aromatic rings. The van der Waals surface area contributed by atoms with Gasteiger partial charge in [0.25, 0.3) is 0 Å². The summed E-state index contributed by atoms with van der Waals surface area (Å²) in [6.45, 7) is -1.82. The number of aliphatic hydroxyl groups excluding tert-OH is 8. The molecule has 0 aromatic carbocycles. The van der Waals surface area contributed by atoms with Gasteiger partial charge in [-0.15, -0.1) is 0 Å². The van der Waals surface area contributed by atoms with Crippen molar-refractivity contribution in [3.63, 3.8) is 0 Å². The van der Waals surface area contributed by atoms with Crippen LogP contribution >= 0.6 is 0 Å². The highest BCUT2D eigenvalue weighted by atomic mass is 16.5. The molecule has 39 heavy (non-hydrogen) atoms. The van der Waals surface area contributed by atoms with E-state index in [4.69, 9.17) is 30.3 Å². The Labute approximate surface area is 234 Å². The molecule has 0 aliphatic heterocycles. The quantitative estimate of drug-likeness (QED) is 0.0641. The molecule has 0 fully saturated rings. The van der Waals surface area contributed by atoms with Crippen molar-refractivity contribution in [2.45, 2.75) is 102 Å². The second-order valence-corrected chi connectivity index (χ2v) is 10.8. The first kappa shape index (κ1) is 40.2. The largest absolute Gasteiger partial charge is 0.481 e. The van der Waals surface area contributed by atoms with Gasteiger partial charge in [-0.1, -0.05) is 64.2 Å². The van der Waals surface area contributed by atoms with Gasteiger partial charge in [-0.05, 0) is 25.7 Å². The van der Waals surface area contributed by atoms with E-state index < -0.39 is 43.2 Å². The molecule has 9 N–H and O–H groups in total. The second kappa shape index (κ2) is 27.3. The van der Waals surface area contributed by atoms with Crippen LogP contribution in [0.5, 0.6) is 0 Å². The van der Waals surface area contributed by atoms with E-state index in [0.29, 0.717) is 6.61 Å². The van der Waals surface area contributed by atoms with Crippen molar-refractivity contribution in [2.75, 3.05) is 59.5 Å². The van der Waals surface area contributed by atoms with Gasteiger partial charge in [-0.3, -0.25) is 4.79 Å². The minimum atomic E-state index is -1.11. The van der Waals surface area contributed by atoms with Crippen LogP contribution in [0.1, 0.15) is 96.3 Å². The highest BCUT2D eigenvalue weighted by Gasteiger charge is 2.28. The number of aliphatic carboxylic acids is 1. The van der Waals surface area contributed by atoms with Crippen LogP contribution in [0.3, 0.4) is 0 Å². The standard InChI is InChI=1S/C23H46O7.C5H12O4/c24-17-23(18-25,19-26)20-30-16-12-8-7-10-14-21(27)13-9-5-3-1-2-4-6-11-15-22(28)29;6-1-5(2-7,3-8)4-9/h21,24-27H,1-20H2,(H,28,29);6-9H,1-4H2. The van der Waals surface area contributed by atoms with Gasteiger partial charge in [-0.2, -0.15) is 0 Å². The first-order valence-corrected chi connectivity index (χ1v) is 14.5. The molecule has 0 spiro atoms. The number of hydrogen-bond donors (Lipinski definition) is 9. The summed E-state index contributed by atoms with van der Waals surface area (Å²) in [6.07, 6.45) is 14.4. The Balaban J connectivity index is 0. The molecule has 0 aliphatic rings. The number of carboxylic acid groups (broad SMARTS) is 1. The van der Waals surface area contributed by atoms with Crippen LogP contribution in [0.4, 0.5) is 0 Å². The number of ether oxygens (including phenoxy) is 1. The van der Waals surface area contributed by atoms with E-state index in [2.05, 4.69) is 0 Å². The number of aliphatic hydroxyl groups is 8. The van der Waals surface area contributed by atoms with Gasteiger partial charge >= 0.3 is 5.97 Å². The number of unbranched alkanes of at least 4 members (excludes halogenated alkanes) is 10. The van der Waals surface area contributed by atoms with E-state index in [1.807, 2.05) is 0 Å². The molecule has 0 bridgehead atoms. The smallest absolute Gasteiger partial charge is 0.303 e. The maximum absolute atomic E-state index is 10.4. The zero-order valence-corrected chi connectivity index (χ0v) is 23.9. The molecule has 0 saturated carbocycles. The Morgan fingerprint density at radius 1 is 0.538 bits per heavy atom. The van der Waals surface area contributed by atoms with Crippen LogP contribution in [0, 0.1) is 10.8 Å². The summed E-state index contributed by atoms with van der Waals surface area (Å²) in [5.74, 6) is -0.703. The normalized spacial score (nSPS) is 12.7. The lowest BCUT2D eigenvalue weighted by molar-refractivity contribution is -0.137. The molecule has 236 valence electrons. The van der Waals surface area contributed by atoms with Gasteiger partial charge < -0.3 is 50.7 Å². The molecule has 0 heterocycles. The zero-order valence-electron chi connectivity index (χ0n) is 23.9. The molecule has 1 atom stereocenters. The number of rotatable bonds is 27. The first-order valence-electron chi connectivity index (χ1n) is 14.5. The van der Waals surface area contributed by atoms with E-state index in [0.717, 1.165) is 70.6 Å². The highest BCUT2D eigenvalue weighted by molar-refractivity contribution is 5.66. The van der Waals surface area contributed by atoms with Crippen molar-refractivity contribution in [3.05, 3.63) is 0 Å². The van der Waals surface area contributed by atoms with Crippen molar-refractivity contribution < 1.29 is 55.5 Å². The average Bonchev–Trinajstić information content (AvgIpc) is 2.95. The maximum atomic E-state index is 10.4. The summed E-state index contributed by atoms with van der Waals surface area (Å²) in [5.41, 5.74) is -2.06. The lowest BCUT2D eigenvalue weighted by atomic mass is 9.93. The van der Waals surface area contributed by atoms with Gasteiger partial charge in [0.15, 0.2) is 0 Å². The fourth-order valence-corrected chi connectivity index (χ4v) is 3.67. The van der Waals surface area contributed by atoms with Gasteiger partial charge in [0, 0.05) is 13.0 Å². The van der Waals surface area contributed by atoms with Gasteiger partial charge in [0.05, 0.1) is 69.8 Å². The third-order valence-electron chi connectivity index (χ3n) is 7.01. The van der Waals surface area contributed by atoms with Crippen molar-refractivity contribution >= 4 is 5.97 Å². The summed E-state index contributed by atoms with van der Waals surface area (Å²) in [7, 11) is 0. The van der Waals surface area contributed by atoms with Gasteiger partial charge in [0.1, 0.15) is 0 Å². The molecule has 0 amide bonds. The highest BCUT2D eigenvalue weighted by Crippen LogP contribution is 2.17.